The van der Waals surface area contributed by atoms with E-state index in [1.165, 1.54) is 12.8 Å². The average Bonchev–Trinajstić information content (AvgIpc) is 2.76. The molecule has 2 atom stereocenters. The number of aliphatic imine (C=N–C) groups is 1. The number of hydrogen-bond donors (Lipinski definition) is 2. The molecule has 0 aliphatic carbocycles. The first-order valence-corrected chi connectivity index (χ1v) is 11.8. The Morgan fingerprint density at radius 3 is 2.14 bits per heavy atom. The first-order valence-electron chi connectivity index (χ1n) is 11.8. The van der Waals surface area contributed by atoms with E-state index in [0.717, 1.165) is 84.7 Å². The maximum absolute atomic E-state index is 5.58. The Morgan fingerprint density at radius 2 is 1.55 bits per heavy atom. The van der Waals surface area contributed by atoms with E-state index in [2.05, 4.69) is 48.1 Å². The predicted octanol–water partition coefficient (Wildman–Crippen LogP) is 1.65. The standard InChI is InChI=1S/C22H45N5O2/c1-5-20(6-2)21(27-10-14-29-15-11-27)17-25-22(23-7-3)24-16-19(4)18-26-8-12-28-13-9-26/h19-21H,5-18H2,1-4H3,(H2,23,24,25). The molecule has 2 N–H and O–H groups in total. The zero-order chi connectivity index (χ0) is 20.9. The molecule has 2 rings (SSSR count). The second-order valence-corrected chi connectivity index (χ2v) is 8.41. The highest BCUT2D eigenvalue weighted by Gasteiger charge is 2.27. The highest BCUT2D eigenvalue weighted by atomic mass is 16.5. The first-order chi connectivity index (χ1) is 14.2. The summed E-state index contributed by atoms with van der Waals surface area (Å²) in [6.45, 7) is 20.4. The summed E-state index contributed by atoms with van der Waals surface area (Å²) in [5.41, 5.74) is 0. The number of rotatable bonds is 11. The molecule has 2 saturated heterocycles. The fourth-order valence-electron chi connectivity index (χ4n) is 4.41. The maximum Gasteiger partial charge on any atom is 0.191 e. The van der Waals surface area contributed by atoms with Crippen molar-refractivity contribution < 1.29 is 9.47 Å². The number of morpholine rings is 2. The van der Waals surface area contributed by atoms with Crippen molar-refractivity contribution >= 4 is 5.96 Å². The summed E-state index contributed by atoms with van der Waals surface area (Å²) in [7, 11) is 0. The van der Waals surface area contributed by atoms with Gasteiger partial charge in [0.25, 0.3) is 0 Å². The minimum absolute atomic E-state index is 0.531. The Kier molecular flexibility index (Phi) is 11.9. The van der Waals surface area contributed by atoms with Gasteiger partial charge in [-0.1, -0.05) is 33.6 Å². The van der Waals surface area contributed by atoms with Crippen molar-refractivity contribution in [1.29, 1.82) is 0 Å². The Labute approximate surface area is 178 Å². The first kappa shape index (κ1) is 24.4. The van der Waals surface area contributed by atoms with Gasteiger partial charge < -0.3 is 20.1 Å². The van der Waals surface area contributed by atoms with E-state index in [-0.39, 0.29) is 0 Å². The fraction of sp³-hybridized carbons (Fsp3) is 0.955. The third-order valence-electron chi connectivity index (χ3n) is 6.17. The Balaban J connectivity index is 1.88. The molecule has 0 spiro atoms. The minimum atomic E-state index is 0.531. The molecule has 2 aliphatic rings. The molecule has 2 unspecified atom stereocenters. The smallest absolute Gasteiger partial charge is 0.191 e. The zero-order valence-electron chi connectivity index (χ0n) is 19.3. The van der Waals surface area contributed by atoms with Gasteiger partial charge in [0.1, 0.15) is 0 Å². The van der Waals surface area contributed by atoms with Gasteiger partial charge in [-0.25, -0.2) is 0 Å². The van der Waals surface area contributed by atoms with Gasteiger partial charge in [-0.3, -0.25) is 14.8 Å². The summed E-state index contributed by atoms with van der Waals surface area (Å²) in [6.07, 6.45) is 2.43. The van der Waals surface area contributed by atoms with Crippen LogP contribution < -0.4 is 10.6 Å². The van der Waals surface area contributed by atoms with E-state index in [0.29, 0.717) is 17.9 Å². The predicted molar refractivity (Wildman–Crippen MR) is 121 cm³/mol. The van der Waals surface area contributed by atoms with Crippen LogP contribution in [0.4, 0.5) is 0 Å². The van der Waals surface area contributed by atoms with Crippen molar-refractivity contribution in [3.05, 3.63) is 0 Å². The van der Waals surface area contributed by atoms with Crippen LogP contribution in [-0.4, -0.2) is 101 Å². The van der Waals surface area contributed by atoms with Crippen molar-refractivity contribution in [2.24, 2.45) is 16.8 Å². The lowest BCUT2D eigenvalue weighted by molar-refractivity contribution is 0.00272. The van der Waals surface area contributed by atoms with Crippen LogP contribution >= 0.6 is 0 Å². The zero-order valence-corrected chi connectivity index (χ0v) is 19.3. The fourth-order valence-corrected chi connectivity index (χ4v) is 4.41. The highest BCUT2D eigenvalue weighted by Crippen LogP contribution is 2.19. The molecule has 0 saturated carbocycles. The van der Waals surface area contributed by atoms with Crippen LogP contribution in [0.15, 0.2) is 4.99 Å². The molecule has 7 heteroatoms. The Bertz CT molecular complexity index is 446. The molecule has 29 heavy (non-hydrogen) atoms. The third-order valence-corrected chi connectivity index (χ3v) is 6.17. The van der Waals surface area contributed by atoms with Crippen molar-refractivity contribution in [1.82, 2.24) is 20.4 Å². The quantitative estimate of drug-likeness (QED) is 0.398. The van der Waals surface area contributed by atoms with Crippen LogP contribution in [0.3, 0.4) is 0 Å². The van der Waals surface area contributed by atoms with Crippen LogP contribution in [0.5, 0.6) is 0 Å². The van der Waals surface area contributed by atoms with Crippen molar-refractivity contribution in [2.45, 2.75) is 46.6 Å². The van der Waals surface area contributed by atoms with Crippen LogP contribution in [0.2, 0.25) is 0 Å². The minimum Gasteiger partial charge on any atom is -0.379 e. The molecule has 2 fully saturated rings. The summed E-state index contributed by atoms with van der Waals surface area (Å²) < 4.78 is 11.0. The van der Waals surface area contributed by atoms with Crippen molar-refractivity contribution in [3.8, 4) is 0 Å². The number of hydrogen-bond acceptors (Lipinski definition) is 5. The second kappa shape index (κ2) is 14.2. The maximum atomic E-state index is 5.58. The number of nitrogens with one attached hydrogen (secondary N) is 2. The second-order valence-electron chi connectivity index (χ2n) is 8.41. The van der Waals surface area contributed by atoms with E-state index in [1.54, 1.807) is 0 Å². The van der Waals surface area contributed by atoms with Crippen molar-refractivity contribution in [3.63, 3.8) is 0 Å². The van der Waals surface area contributed by atoms with E-state index in [1.807, 2.05) is 0 Å². The Morgan fingerprint density at radius 1 is 0.931 bits per heavy atom. The van der Waals surface area contributed by atoms with Crippen molar-refractivity contribution in [2.75, 3.05) is 78.8 Å². The van der Waals surface area contributed by atoms with Crippen LogP contribution in [0.25, 0.3) is 0 Å². The van der Waals surface area contributed by atoms with Crippen LogP contribution in [0, 0.1) is 11.8 Å². The van der Waals surface area contributed by atoms with Gasteiger partial charge in [0.05, 0.1) is 26.4 Å². The lowest BCUT2D eigenvalue weighted by Crippen LogP contribution is -2.53. The van der Waals surface area contributed by atoms with E-state index in [4.69, 9.17) is 14.5 Å². The summed E-state index contributed by atoms with van der Waals surface area (Å²) in [6, 6.07) is 0.531. The molecule has 0 aromatic rings. The van der Waals surface area contributed by atoms with Gasteiger partial charge in [-0.15, -0.1) is 0 Å². The third kappa shape index (κ3) is 8.79. The number of ether oxygens (including phenoxy) is 2. The van der Waals surface area contributed by atoms with Gasteiger partial charge in [0, 0.05) is 58.4 Å². The van der Waals surface area contributed by atoms with E-state index in [9.17, 15) is 0 Å². The molecule has 7 nitrogen and oxygen atoms in total. The molecular weight excluding hydrogens is 366 g/mol. The summed E-state index contributed by atoms with van der Waals surface area (Å²) in [5.74, 6) is 2.19. The highest BCUT2D eigenvalue weighted by molar-refractivity contribution is 5.79. The monoisotopic (exact) mass is 411 g/mol. The summed E-state index contributed by atoms with van der Waals surface area (Å²) >= 11 is 0. The average molecular weight is 412 g/mol. The van der Waals surface area contributed by atoms with Crippen LogP contribution in [0.1, 0.15) is 40.5 Å². The molecule has 0 aromatic carbocycles. The summed E-state index contributed by atoms with van der Waals surface area (Å²) in [4.78, 5) is 10.0. The normalized spacial score (nSPS) is 21.9. The van der Waals surface area contributed by atoms with Gasteiger partial charge in [0.15, 0.2) is 5.96 Å². The van der Waals surface area contributed by atoms with Gasteiger partial charge in [0.2, 0.25) is 0 Å². The molecule has 2 heterocycles. The largest absolute Gasteiger partial charge is 0.379 e. The molecule has 0 aromatic heterocycles. The number of nitrogens with zero attached hydrogens (tertiary/aromatic N) is 3. The molecule has 0 radical (unpaired) electrons. The lowest BCUT2D eigenvalue weighted by Gasteiger charge is -2.39. The molecule has 0 amide bonds. The molecular formula is C22H45N5O2. The van der Waals surface area contributed by atoms with Gasteiger partial charge in [-0.2, -0.15) is 0 Å². The topological polar surface area (TPSA) is 61.4 Å². The molecule has 2 aliphatic heterocycles. The summed E-state index contributed by atoms with van der Waals surface area (Å²) in [5, 5.41) is 7.09. The van der Waals surface area contributed by atoms with E-state index < -0.39 is 0 Å². The SMILES string of the molecule is CCNC(=NCC(C)CN1CCOCC1)NCC(C(CC)CC)N1CCOCC1. The van der Waals surface area contributed by atoms with E-state index >= 15 is 0 Å². The molecule has 0 bridgehead atoms. The lowest BCUT2D eigenvalue weighted by atomic mass is 9.92. The van der Waals surface area contributed by atoms with Crippen LogP contribution in [-0.2, 0) is 9.47 Å². The van der Waals surface area contributed by atoms with Gasteiger partial charge >= 0.3 is 0 Å². The van der Waals surface area contributed by atoms with Gasteiger partial charge in [-0.05, 0) is 18.8 Å². The molecule has 170 valence electrons. The Hall–Kier alpha value is -0.890. The number of guanidine groups is 1.